The van der Waals surface area contributed by atoms with Crippen molar-refractivity contribution < 1.29 is 5.21 Å². The van der Waals surface area contributed by atoms with Gasteiger partial charge in [0, 0.05) is 30.5 Å². The van der Waals surface area contributed by atoms with Crippen LogP contribution in [0.5, 0.6) is 0 Å². The van der Waals surface area contributed by atoms with E-state index < -0.39 is 0 Å². The van der Waals surface area contributed by atoms with E-state index in [0.717, 1.165) is 12.3 Å². The van der Waals surface area contributed by atoms with Gasteiger partial charge in [0.05, 0.1) is 5.71 Å². The number of oxime groups is 1. The van der Waals surface area contributed by atoms with Gasteiger partial charge in [-0.25, -0.2) is 0 Å². The quantitative estimate of drug-likeness (QED) is 0.473. The Kier molecular flexibility index (Phi) is 5.05. The minimum atomic E-state index is -0.273. The number of nitrogens with zero attached hydrogens (tertiary/aromatic N) is 2. The van der Waals surface area contributed by atoms with Gasteiger partial charge < -0.3 is 5.21 Å². The Labute approximate surface area is 150 Å². The van der Waals surface area contributed by atoms with Crippen molar-refractivity contribution >= 4 is 5.71 Å². The van der Waals surface area contributed by atoms with E-state index in [9.17, 15) is 5.21 Å². The van der Waals surface area contributed by atoms with Crippen LogP contribution in [-0.2, 0) is 0 Å². The van der Waals surface area contributed by atoms with Crippen molar-refractivity contribution in [2.45, 2.75) is 32.4 Å². The van der Waals surface area contributed by atoms with E-state index in [2.05, 4.69) is 79.0 Å². The van der Waals surface area contributed by atoms with Crippen LogP contribution in [0.15, 0.2) is 78.5 Å². The number of rotatable bonds is 4. The molecule has 0 unspecified atom stereocenters. The maximum absolute atomic E-state index is 9.72. The monoisotopic (exact) mass is 334 g/mol. The van der Waals surface area contributed by atoms with Gasteiger partial charge in [-0.05, 0) is 11.1 Å². The average Bonchev–Trinajstić information content (AvgIpc) is 2.63. The highest BCUT2D eigenvalue weighted by atomic mass is 16.4. The fourth-order valence-corrected chi connectivity index (χ4v) is 4.10. The fraction of sp³-hybridized carbons (Fsp3) is 0.318. The summed E-state index contributed by atoms with van der Waals surface area (Å²) in [6.07, 6.45) is 2.67. The molecule has 2 aromatic rings. The first-order valence-corrected chi connectivity index (χ1v) is 8.77. The molecule has 0 radical (unpaired) electrons. The zero-order valence-corrected chi connectivity index (χ0v) is 15.0. The van der Waals surface area contributed by atoms with Gasteiger partial charge in [0.2, 0.25) is 0 Å². The molecule has 3 heteroatoms. The molecule has 1 saturated heterocycles. The van der Waals surface area contributed by atoms with Crippen LogP contribution in [0.2, 0.25) is 0 Å². The summed E-state index contributed by atoms with van der Waals surface area (Å²) in [4.78, 5) is 2.48. The maximum Gasteiger partial charge on any atom is 0.0664 e. The molecule has 1 aliphatic rings. The molecular formula is C22H26N2O. The summed E-state index contributed by atoms with van der Waals surface area (Å²) >= 11 is 0. The van der Waals surface area contributed by atoms with Crippen LogP contribution in [0.4, 0.5) is 0 Å². The lowest BCUT2D eigenvalue weighted by Gasteiger charge is -2.51. The van der Waals surface area contributed by atoms with Gasteiger partial charge in [-0.15, -0.1) is 6.58 Å². The second-order valence-electron chi connectivity index (χ2n) is 7.20. The molecule has 3 rings (SSSR count). The lowest BCUT2D eigenvalue weighted by atomic mass is 9.69. The third-order valence-electron chi connectivity index (χ3n) is 5.31. The predicted molar refractivity (Wildman–Crippen MR) is 103 cm³/mol. The summed E-state index contributed by atoms with van der Waals surface area (Å²) in [6.45, 7) is 9.08. The Hall–Kier alpha value is -2.39. The highest BCUT2D eigenvalue weighted by Gasteiger charge is 2.47. The molecule has 25 heavy (non-hydrogen) atoms. The van der Waals surface area contributed by atoms with Gasteiger partial charge in [-0.1, -0.05) is 85.7 Å². The van der Waals surface area contributed by atoms with Crippen molar-refractivity contribution in [3.63, 3.8) is 0 Å². The van der Waals surface area contributed by atoms with Crippen LogP contribution in [0.1, 0.15) is 43.5 Å². The lowest BCUT2D eigenvalue weighted by Crippen LogP contribution is -2.50. The van der Waals surface area contributed by atoms with E-state index in [4.69, 9.17) is 0 Å². The fourth-order valence-electron chi connectivity index (χ4n) is 4.10. The number of hydrogen-bond acceptors (Lipinski definition) is 3. The average molecular weight is 334 g/mol. The second kappa shape index (κ2) is 7.24. The molecule has 2 atom stereocenters. The van der Waals surface area contributed by atoms with Crippen LogP contribution in [0.3, 0.4) is 0 Å². The van der Waals surface area contributed by atoms with E-state index in [1.165, 1.54) is 11.1 Å². The Morgan fingerprint density at radius 2 is 1.64 bits per heavy atom. The smallest absolute Gasteiger partial charge is 0.0664 e. The third-order valence-corrected chi connectivity index (χ3v) is 5.31. The molecule has 0 aromatic heterocycles. The molecule has 0 bridgehead atoms. The highest BCUT2D eigenvalue weighted by molar-refractivity contribution is 5.91. The number of likely N-dealkylation sites (tertiary alicyclic amines) is 1. The van der Waals surface area contributed by atoms with E-state index >= 15 is 0 Å². The molecule has 1 aliphatic heterocycles. The molecule has 2 aromatic carbocycles. The molecule has 0 saturated carbocycles. The van der Waals surface area contributed by atoms with Gasteiger partial charge >= 0.3 is 0 Å². The van der Waals surface area contributed by atoms with Gasteiger partial charge in [0.1, 0.15) is 0 Å². The molecule has 1 N–H and O–H groups in total. The Bertz CT molecular complexity index is 737. The molecule has 0 amide bonds. The van der Waals surface area contributed by atoms with E-state index in [1.807, 2.05) is 18.2 Å². The van der Waals surface area contributed by atoms with Gasteiger partial charge in [0.25, 0.3) is 0 Å². The molecule has 1 heterocycles. The Balaban J connectivity index is 2.14. The van der Waals surface area contributed by atoms with Gasteiger partial charge in [0.15, 0.2) is 0 Å². The van der Waals surface area contributed by atoms with Gasteiger partial charge in [-0.3, -0.25) is 4.90 Å². The molecule has 130 valence electrons. The highest BCUT2D eigenvalue weighted by Crippen LogP contribution is 2.50. The number of benzene rings is 2. The van der Waals surface area contributed by atoms with Gasteiger partial charge in [-0.2, -0.15) is 0 Å². The first-order valence-electron chi connectivity index (χ1n) is 8.77. The van der Waals surface area contributed by atoms with Crippen LogP contribution in [0.25, 0.3) is 0 Å². The van der Waals surface area contributed by atoms with Crippen LogP contribution < -0.4 is 0 Å². The van der Waals surface area contributed by atoms with Crippen molar-refractivity contribution in [3.8, 4) is 0 Å². The normalized spacial score (nSPS) is 25.0. The van der Waals surface area contributed by atoms with E-state index in [-0.39, 0.29) is 17.5 Å². The Morgan fingerprint density at radius 3 is 2.16 bits per heavy atom. The summed E-state index contributed by atoms with van der Waals surface area (Å²) < 4.78 is 0. The van der Waals surface area contributed by atoms with Crippen molar-refractivity contribution in [1.29, 1.82) is 0 Å². The van der Waals surface area contributed by atoms with Crippen molar-refractivity contribution in [1.82, 2.24) is 4.90 Å². The van der Waals surface area contributed by atoms with E-state index in [1.54, 1.807) is 0 Å². The lowest BCUT2D eigenvalue weighted by molar-refractivity contribution is 0.0669. The minimum absolute atomic E-state index is 0.108. The van der Waals surface area contributed by atoms with Crippen LogP contribution in [-0.4, -0.2) is 22.4 Å². The number of piperidine rings is 1. The van der Waals surface area contributed by atoms with Crippen molar-refractivity contribution in [3.05, 3.63) is 84.4 Å². The molecule has 0 spiro atoms. The molecule has 3 nitrogen and oxygen atoms in total. The predicted octanol–water partition coefficient (Wildman–Crippen LogP) is 5.22. The van der Waals surface area contributed by atoms with E-state index in [0.29, 0.717) is 6.42 Å². The summed E-state index contributed by atoms with van der Waals surface area (Å²) in [6, 6.07) is 21.2. The summed E-state index contributed by atoms with van der Waals surface area (Å²) in [5, 5.41) is 13.4. The first-order chi connectivity index (χ1) is 12.1. The SMILES string of the molecule is C=CCN1[C@@H](c2ccccc2)C(C)(C)/C(=N/O)C[C@H]1c1ccccc1. The second-order valence-corrected chi connectivity index (χ2v) is 7.20. The topological polar surface area (TPSA) is 35.8 Å². The zero-order valence-electron chi connectivity index (χ0n) is 15.0. The summed E-state index contributed by atoms with van der Waals surface area (Å²) in [5.74, 6) is 0. The Morgan fingerprint density at radius 1 is 1.08 bits per heavy atom. The number of hydrogen-bond donors (Lipinski definition) is 1. The zero-order chi connectivity index (χ0) is 17.9. The van der Waals surface area contributed by atoms with Crippen LogP contribution >= 0.6 is 0 Å². The first kappa shape index (κ1) is 17.4. The third kappa shape index (κ3) is 3.24. The summed E-state index contributed by atoms with van der Waals surface area (Å²) in [7, 11) is 0. The molecular weight excluding hydrogens is 308 g/mol. The largest absolute Gasteiger partial charge is 0.411 e. The summed E-state index contributed by atoms with van der Waals surface area (Å²) in [5.41, 5.74) is 3.04. The molecule has 0 aliphatic carbocycles. The molecule has 1 fully saturated rings. The van der Waals surface area contributed by atoms with Crippen molar-refractivity contribution in [2.75, 3.05) is 6.54 Å². The van der Waals surface area contributed by atoms with Crippen molar-refractivity contribution in [2.24, 2.45) is 10.6 Å². The maximum atomic E-state index is 9.72. The van der Waals surface area contributed by atoms with Crippen LogP contribution in [0, 0.1) is 5.41 Å². The standard InChI is InChI=1S/C22H26N2O/c1-4-15-24-19(17-11-7-5-8-12-17)16-20(23-25)22(2,3)21(24)18-13-9-6-10-14-18/h4-14,19,21,25H,1,15-16H2,2-3H3/b23-20+/t19-,21-/m0/s1. The minimum Gasteiger partial charge on any atom is -0.411 e.